The Labute approximate surface area is 97.4 Å². The van der Waals surface area contributed by atoms with Crippen LogP contribution in [0.3, 0.4) is 0 Å². The lowest BCUT2D eigenvalue weighted by atomic mass is 10.2. The second kappa shape index (κ2) is 3.40. The van der Waals surface area contributed by atoms with Crippen molar-refractivity contribution in [3.8, 4) is 11.5 Å². The lowest BCUT2D eigenvalue weighted by Gasteiger charge is -2.25. The van der Waals surface area contributed by atoms with Crippen molar-refractivity contribution in [1.82, 2.24) is 0 Å². The molecule has 0 saturated heterocycles. The minimum Gasteiger partial charge on any atom is -0.453 e. The third-order valence-corrected chi connectivity index (χ3v) is 2.68. The highest BCUT2D eigenvalue weighted by atomic mass is 35.5. The Balaban J connectivity index is 2.19. The van der Waals surface area contributed by atoms with Crippen LogP contribution in [0.2, 0.25) is 5.02 Å². The Hall–Kier alpha value is -1.71. The average molecular weight is 233 g/mol. The summed E-state index contributed by atoms with van der Waals surface area (Å²) in [4.78, 5) is 0. The van der Waals surface area contributed by atoms with E-state index in [0.29, 0.717) is 27.9 Å². The maximum atomic E-state index is 12.0. The first-order chi connectivity index (χ1) is 7.75. The lowest BCUT2D eigenvalue weighted by molar-refractivity contribution is 0.188. The van der Waals surface area contributed by atoms with Gasteiger partial charge in [-0.05, 0) is 30.3 Å². The van der Waals surface area contributed by atoms with Gasteiger partial charge in [0, 0.05) is 5.02 Å². The molecule has 4 heteroatoms. The predicted molar refractivity (Wildman–Crippen MR) is 60.8 cm³/mol. The first-order valence-corrected chi connectivity index (χ1v) is 5.17. The lowest BCUT2D eigenvalue weighted by Crippen LogP contribution is -2.14. The Morgan fingerprint density at radius 1 is 1.00 bits per heavy atom. The molecule has 0 spiro atoms. The summed E-state index contributed by atoms with van der Waals surface area (Å²) in [6.07, 6.45) is 0. The molecule has 1 aliphatic heterocycles. The van der Waals surface area contributed by atoms with E-state index in [1.807, 2.05) is 6.07 Å². The molecule has 0 aromatic heterocycles. The molecule has 1 radical (unpaired) electrons. The predicted octanol–water partition coefficient (Wildman–Crippen LogP) is 3.93. The second-order valence-corrected chi connectivity index (χ2v) is 3.91. The molecular formula is C12H7ClNO2. The maximum absolute atomic E-state index is 12.0. The molecule has 0 unspecified atom stereocenters. The minimum absolute atomic E-state index is 0.436. The summed E-state index contributed by atoms with van der Waals surface area (Å²) in [5.41, 5.74) is 0.934. The summed E-state index contributed by atoms with van der Waals surface area (Å²) in [6.45, 7) is 0. The van der Waals surface area contributed by atoms with Gasteiger partial charge in [0.15, 0.2) is 11.5 Å². The van der Waals surface area contributed by atoms with Crippen LogP contribution in [0.1, 0.15) is 0 Å². The number of rotatable bonds is 0. The quantitative estimate of drug-likeness (QED) is 0.689. The van der Waals surface area contributed by atoms with Crippen LogP contribution in [0.15, 0.2) is 42.5 Å². The number of fused-ring (bicyclic) bond motifs is 2. The molecule has 0 N–H and O–H groups in total. The molecule has 1 heterocycles. The van der Waals surface area contributed by atoms with E-state index in [1.165, 1.54) is 0 Å². The summed E-state index contributed by atoms with van der Waals surface area (Å²) in [5, 5.41) is 13.4. The topological polar surface area (TPSA) is 32.4 Å². The minimum atomic E-state index is 0.436. The molecule has 0 saturated carbocycles. The van der Waals surface area contributed by atoms with Crippen molar-refractivity contribution in [2.75, 3.05) is 5.06 Å². The molecule has 0 bridgehead atoms. The molecule has 2 aromatic rings. The standard InChI is InChI=1S/C12H7ClNO2/c13-8-5-6-12-10(7-8)14(15)9-3-1-2-4-11(9)16-12/h1-7H. The van der Waals surface area contributed by atoms with Gasteiger partial charge in [-0.15, -0.1) is 0 Å². The average Bonchev–Trinajstić information content (AvgIpc) is 2.31. The van der Waals surface area contributed by atoms with E-state index in [-0.39, 0.29) is 0 Å². The highest BCUT2D eigenvalue weighted by Gasteiger charge is 2.23. The van der Waals surface area contributed by atoms with Gasteiger partial charge in [-0.2, -0.15) is 5.06 Å². The molecule has 0 atom stereocenters. The monoisotopic (exact) mass is 232 g/mol. The Kier molecular flexibility index (Phi) is 2.02. The SMILES string of the molecule is [O]N1c2ccccc2Oc2ccc(Cl)cc21. The normalized spacial score (nSPS) is 12.8. The molecule has 0 aliphatic carbocycles. The van der Waals surface area contributed by atoms with Crippen LogP contribution in [0.4, 0.5) is 11.4 Å². The fourth-order valence-corrected chi connectivity index (χ4v) is 1.86. The fourth-order valence-electron chi connectivity index (χ4n) is 1.70. The van der Waals surface area contributed by atoms with Crippen LogP contribution in [-0.4, -0.2) is 0 Å². The second-order valence-electron chi connectivity index (χ2n) is 3.48. The van der Waals surface area contributed by atoms with E-state index in [0.717, 1.165) is 5.06 Å². The van der Waals surface area contributed by atoms with Gasteiger partial charge in [0.25, 0.3) is 0 Å². The van der Waals surface area contributed by atoms with Crippen LogP contribution >= 0.6 is 11.6 Å². The van der Waals surface area contributed by atoms with Crippen molar-refractivity contribution >= 4 is 23.0 Å². The fraction of sp³-hybridized carbons (Fsp3) is 0. The summed E-state index contributed by atoms with van der Waals surface area (Å²) < 4.78 is 5.60. The molecule has 3 rings (SSSR count). The number of benzene rings is 2. The highest BCUT2D eigenvalue weighted by Crippen LogP contribution is 2.46. The van der Waals surface area contributed by atoms with Crippen molar-refractivity contribution < 1.29 is 9.94 Å². The number of nitrogens with zero attached hydrogens (tertiary/aromatic N) is 1. The van der Waals surface area contributed by atoms with Gasteiger partial charge < -0.3 is 4.74 Å². The number of hydrogen-bond donors (Lipinski definition) is 0. The van der Waals surface area contributed by atoms with Crippen molar-refractivity contribution in [2.45, 2.75) is 0 Å². The molecular weight excluding hydrogens is 226 g/mol. The van der Waals surface area contributed by atoms with Crippen molar-refractivity contribution in [1.29, 1.82) is 0 Å². The summed E-state index contributed by atoms with van der Waals surface area (Å²) in [5.74, 6) is 1.09. The molecule has 3 nitrogen and oxygen atoms in total. The summed E-state index contributed by atoms with van der Waals surface area (Å²) >= 11 is 5.85. The zero-order valence-corrected chi connectivity index (χ0v) is 8.94. The number of para-hydroxylation sites is 2. The van der Waals surface area contributed by atoms with Gasteiger partial charge in [0.05, 0.1) is 0 Å². The smallest absolute Gasteiger partial charge is 0.153 e. The Morgan fingerprint density at radius 3 is 2.62 bits per heavy atom. The van der Waals surface area contributed by atoms with E-state index in [9.17, 15) is 5.21 Å². The van der Waals surface area contributed by atoms with E-state index in [4.69, 9.17) is 16.3 Å². The Morgan fingerprint density at radius 2 is 1.75 bits per heavy atom. The summed E-state index contributed by atoms with van der Waals surface area (Å²) in [6, 6.07) is 12.1. The van der Waals surface area contributed by atoms with Crippen molar-refractivity contribution in [3.05, 3.63) is 47.5 Å². The van der Waals surface area contributed by atoms with Gasteiger partial charge in [0.2, 0.25) is 0 Å². The van der Waals surface area contributed by atoms with Crippen molar-refractivity contribution in [2.24, 2.45) is 0 Å². The van der Waals surface area contributed by atoms with Gasteiger partial charge in [0.1, 0.15) is 11.4 Å². The van der Waals surface area contributed by atoms with E-state index in [1.54, 1.807) is 36.4 Å². The molecule has 0 amide bonds. The zero-order chi connectivity index (χ0) is 11.1. The maximum Gasteiger partial charge on any atom is 0.153 e. The summed E-state index contributed by atoms with van der Waals surface area (Å²) in [7, 11) is 0. The zero-order valence-electron chi connectivity index (χ0n) is 8.18. The van der Waals surface area contributed by atoms with E-state index >= 15 is 0 Å². The molecule has 79 valence electrons. The molecule has 2 aromatic carbocycles. The largest absolute Gasteiger partial charge is 0.453 e. The van der Waals surface area contributed by atoms with Crippen LogP contribution in [0.5, 0.6) is 11.5 Å². The first kappa shape index (κ1) is 9.51. The van der Waals surface area contributed by atoms with E-state index in [2.05, 4.69) is 0 Å². The number of ether oxygens (including phenoxy) is 1. The van der Waals surface area contributed by atoms with Gasteiger partial charge in [-0.3, -0.25) is 0 Å². The number of hydrogen-bond acceptors (Lipinski definition) is 2. The van der Waals surface area contributed by atoms with Crippen LogP contribution in [-0.2, 0) is 5.21 Å². The van der Waals surface area contributed by atoms with E-state index < -0.39 is 0 Å². The molecule has 16 heavy (non-hydrogen) atoms. The van der Waals surface area contributed by atoms with Gasteiger partial charge in [-0.1, -0.05) is 28.9 Å². The van der Waals surface area contributed by atoms with Crippen LogP contribution in [0, 0.1) is 0 Å². The third-order valence-electron chi connectivity index (χ3n) is 2.44. The number of halogens is 1. The van der Waals surface area contributed by atoms with Gasteiger partial charge in [-0.25, -0.2) is 0 Å². The highest BCUT2D eigenvalue weighted by molar-refractivity contribution is 6.31. The third kappa shape index (κ3) is 1.33. The molecule has 0 fully saturated rings. The van der Waals surface area contributed by atoms with Crippen molar-refractivity contribution in [3.63, 3.8) is 0 Å². The van der Waals surface area contributed by atoms with Crippen LogP contribution in [0.25, 0.3) is 0 Å². The number of anilines is 2. The van der Waals surface area contributed by atoms with Crippen LogP contribution < -0.4 is 9.80 Å². The Bertz CT molecular complexity index is 556. The van der Waals surface area contributed by atoms with Gasteiger partial charge >= 0.3 is 0 Å². The molecule has 1 aliphatic rings. The first-order valence-electron chi connectivity index (χ1n) is 4.79.